The fraction of sp³-hybridized carbons (Fsp3) is 0.931. The van der Waals surface area contributed by atoms with Crippen LogP contribution in [0.5, 0.6) is 0 Å². The number of aliphatic hydroxyl groups excluding tert-OH is 2. The topological polar surface area (TPSA) is 40.5 Å². The minimum atomic E-state index is -0.121. The molecule has 5 fully saturated rings. The van der Waals surface area contributed by atoms with Gasteiger partial charge in [-0.05, 0) is 122 Å². The lowest BCUT2D eigenvalue weighted by Crippen LogP contribution is -2.63. The Balaban J connectivity index is 0.000000730. The molecule has 8 unspecified atom stereocenters. The molecule has 5 rings (SSSR count). The molecule has 0 heterocycles. The highest BCUT2D eigenvalue weighted by Gasteiger charge is 2.66. The van der Waals surface area contributed by atoms with Gasteiger partial charge in [-0.15, -0.1) is 6.58 Å². The van der Waals surface area contributed by atoms with E-state index < -0.39 is 0 Å². The Morgan fingerprint density at radius 3 is 2.16 bits per heavy atom. The predicted molar refractivity (Wildman–Crippen MR) is 130 cm³/mol. The van der Waals surface area contributed by atoms with Crippen molar-refractivity contribution in [2.45, 2.75) is 111 Å². The molecule has 5 saturated carbocycles. The molecule has 0 amide bonds. The van der Waals surface area contributed by atoms with Crippen LogP contribution >= 0.6 is 0 Å². The molecule has 2 N–H and O–H groups in total. The molecule has 2 nitrogen and oxygen atoms in total. The van der Waals surface area contributed by atoms with E-state index in [-0.39, 0.29) is 16.9 Å². The summed E-state index contributed by atoms with van der Waals surface area (Å²) in [5.41, 5.74) is 1.23. The highest BCUT2D eigenvalue weighted by Crippen LogP contribution is 2.72. The van der Waals surface area contributed by atoms with Gasteiger partial charge in [-0.25, -0.2) is 0 Å². The molecular formula is C29H50O2. The zero-order valence-corrected chi connectivity index (χ0v) is 21.1. The average Bonchev–Trinajstić information content (AvgIpc) is 3.16. The largest absolute Gasteiger partial charge is 0.396 e. The van der Waals surface area contributed by atoms with Crippen LogP contribution < -0.4 is 0 Å². The zero-order valence-electron chi connectivity index (χ0n) is 21.1. The van der Waals surface area contributed by atoms with Crippen LogP contribution in [0.25, 0.3) is 0 Å². The first-order chi connectivity index (χ1) is 14.6. The highest BCUT2D eigenvalue weighted by atomic mass is 16.3. The number of fused-ring (bicyclic) bond motifs is 7. The first kappa shape index (κ1) is 23.8. The molecule has 31 heavy (non-hydrogen) atoms. The lowest BCUT2D eigenvalue weighted by atomic mass is 9.36. The Labute approximate surface area is 192 Å². The fourth-order valence-corrected chi connectivity index (χ4v) is 10.6. The van der Waals surface area contributed by atoms with Crippen LogP contribution in [-0.2, 0) is 0 Å². The molecule has 5 aliphatic carbocycles. The second-order valence-corrected chi connectivity index (χ2v) is 13.3. The van der Waals surface area contributed by atoms with Gasteiger partial charge in [-0.3, -0.25) is 0 Å². The Hall–Kier alpha value is -0.340. The zero-order chi connectivity index (χ0) is 22.7. The van der Waals surface area contributed by atoms with Crippen molar-refractivity contribution in [1.29, 1.82) is 0 Å². The van der Waals surface area contributed by atoms with Crippen molar-refractivity contribution in [3.05, 3.63) is 12.7 Å². The first-order valence-corrected chi connectivity index (χ1v) is 13.5. The third kappa shape index (κ3) is 3.32. The van der Waals surface area contributed by atoms with Gasteiger partial charge in [0.25, 0.3) is 0 Å². The van der Waals surface area contributed by atoms with Crippen molar-refractivity contribution in [1.82, 2.24) is 0 Å². The molecule has 2 heteroatoms. The van der Waals surface area contributed by atoms with Gasteiger partial charge >= 0.3 is 0 Å². The van der Waals surface area contributed by atoms with Gasteiger partial charge in [-0.2, -0.15) is 0 Å². The summed E-state index contributed by atoms with van der Waals surface area (Å²) in [5, 5.41) is 21.1. The summed E-state index contributed by atoms with van der Waals surface area (Å²) in [4.78, 5) is 0. The maximum atomic E-state index is 10.8. The monoisotopic (exact) mass is 430 g/mol. The van der Waals surface area contributed by atoms with Gasteiger partial charge in [-0.1, -0.05) is 40.2 Å². The number of aliphatic hydroxyl groups is 2. The average molecular weight is 431 g/mol. The third-order valence-electron chi connectivity index (χ3n) is 12.0. The summed E-state index contributed by atoms with van der Waals surface area (Å²) in [5.74, 6) is 4.04. The SMILES string of the molecule is C=CC.CC1(C)C(O)CCC2(C)C1CCC1(C)C3CCC4(CO)CCC[C@@H]4C3CCC12. The molecule has 0 aromatic rings. The Morgan fingerprint density at radius 1 is 0.806 bits per heavy atom. The number of hydrogen-bond acceptors (Lipinski definition) is 2. The second kappa shape index (κ2) is 8.15. The lowest BCUT2D eigenvalue weighted by molar-refractivity contribution is -0.216. The van der Waals surface area contributed by atoms with E-state index in [0.717, 1.165) is 30.1 Å². The van der Waals surface area contributed by atoms with Gasteiger partial charge in [0.05, 0.1) is 6.10 Å². The van der Waals surface area contributed by atoms with Crippen molar-refractivity contribution in [3.8, 4) is 0 Å². The van der Waals surface area contributed by atoms with Crippen molar-refractivity contribution < 1.29 is 10.2 Å². The first-order valence-electron chi connectivity index (χ1n) is 13.5. The molecule has 0 aromatic heterocycles. The van der Waals surface area contributed by atoms with E-state index in [0.29, 0.717) is 23.4 Å². The Kier molecular flexibility index (Phi) is 6.26. The van der Waals surface area contributed by atoms with Gasteiger partial charge < -0.3 is 10.2 Å². The molecule has 9 atom stereocenters. The van der Waals surface area contributed by atoms with E-state index in [1.54, 1.807) is 6.08 Å². The molecule has 0 spiro atoms. The van der Waals surface area contributed by atoms with Crippen molar-refractivity contribution >= 4 is 0 Å². The highest BCUT2D eigenvalue weighted by molar-refractivity contribution is 5.15. The van der Waals surface area contributed by atoms with Gasteiger partial charge in [0, 0.05) is 6.61 Å². The number of rotatable bonds is 1. The van der Waals surface area contributed by atoms with Crippen LogP contribution in [0.4, 0.5) is 0 Å². The van der Waals surface area contributed by atoms with E-state index in [1.807, 2.05) is 6.92 Å². The fourth-order valence-electron chi connectivity index (χ4n) is 10.6. The smallest absolute Gasteiger partial charge is 0.0594 e. The van der Waals surface area contributed by atoms with E-state index in [2.05, 4.69) is 34.3 Å². The predicted octanol–water partition coefficient (Wildman–Crippen LogP) is 7.00. The second-order valence-electron chi connectivity index (χ2n) is 13.3. The summed E-state index contributed by atoms with van der Waals surface area (Å²) in [6, 6.07) is 0. The summed E-state index contributed by atoms with van der Waals surface area (Å²) in [7, 11) is 0. The minimum absolute atomic E-state index is 0.0647. The van der Waals surface area contributed by atoms with Crippen LogP contribution in [0.15, 0.2) is 12.7 Å². The van der Waals surface area contributed by atoms with E-state index in [1.165, 1.54) is 64.2 Å². The summed E-state index contributed by atoms with van der Waals surface area (Å²) >= 11 is 0. The summed E-state index contributed by atoms with van der Waals surface area (Å²) < 4.78 is 0. The van der Waals surface area contributed by atoms with E-state index in [9.17, 15) is 10.2 Å². The van der Waals surface area contributed by atoms with Crippen LogP contribution in [-0.4, -0.2) is 22.9 Å². The molecule has 178 valence electrons. The van der Waals surface area contributed by atoms with Gasteiger partial charge in [0.2, 0.25) is 0 Å². The molecule has 0 bridgehead atoms. The van der Waals surface area contributed by atoms with Crippen LogP contribution in [0.2, 0.25) is 0 Å². The number of allylic oxidation sites excluding steroid dienone is 1. The molecule has 0 aromatic carbocycles. The lowest BCUT2D eigenvalue weighted by Gasteiger charge is -2.69. The van der Waals surface area contributed by atoms with Crippen LogP contribution in [0.1, 0.15) is 105 Å². The van der Waals surface area contributed by atoms with E-state index >= 15 is 0 Å². The maximum Gasteiger partial charge on any atom is 0.0594 e. The Morgan fingerprint density at radius 2 is 1.48 bits per heavy atom. The molecule has 0 saturated heterocycles. The van der Waals surface area contributed by atoms with E-state index in [4.69, 9.17) is 0 Å². The van der Waals surface area contributed by atoms with Gasteiger partial charge in [0.1, 0.15) is 0 Å². The molecular weight excluding hydrogens is 380 g/mol. The van der Waals surface area contributed by atoms with Crippen molar-refractivity contribution in [3.63, 3.8) is 0 Å². The van der Waals surface area contributed by atoms with Crippen molar-refractivity contribution in [2.75, 3.05) is 6.61 Å². The standard InChI is InChI=1S/C26H44O2.C3H6/c1-23(2)20-10-13-24(3)18-9-15-26(16-27)12-5-6-19(26)17(18)7-8-21(24)25(20,4)14-11-22(23)28;1-3-2/h17-22,27-28H,5-16H2,1-4H3;3H,1H2,2H3/t17?,18?,19-,20?,21?,22?,24?,25?,26?;/m1./s1. The molecule has 0 aliphatic heterocycles. The maximum absolute atomic E-state index is 10.8. The third-order valence-corrected chi connectivity index (χ3v) is 12.0. The van der Waals surface area contributed by atoms with Gasteiger partial charge in [0.15, 0.2) is 0 Å². The Bertz CT molecular complexity index is 670. The quantitative estimate of drug-likeness (QED) is 0.440. The number of hydrogen-bond donors (Lipinski definition) is 2. The van der Waals surface area contributed by atoms with Crippen LogP contribution in [0, 0.1) is 51.2 Å². The van der Waals surface area contributed by atoms with Crippen LogP contribution in [0.3, 0.4) is 0 Å². The van der Waals surface area contributed by atoms with Crippen molar-refractivity contribution in [2.24, 2.45) is 51.2 Å². The normalized spacial score (nSPS) is 52.5. The summed E-state index contributed by atoms with van der Waals surface area (Å²) in [6.07, 6.45) is 16.0. The minimum Gasteiger partial charge on any atom is -0.396 e. The summed E-state index contributed by atoms with van der Waals surface area (Å²) in [6.45, 7) is 15.7. The molecule has 5 aliphatic rings. The molecule has 0 radical (unpaired) electrons.